The maximum absolute atomic E-state index is 10.6. The third-order valence-corrected chi connectivity index (χ3v) is 2.96. The highest BCUT2D eigenvalue weighted by atomic mass is 35.5. The number of hydrogen-bond donors (Lipinski definition) is 0. The fourth-order valence-electron chi connectivity index (χ4n) is 1.22. The number of hydrogen-bond acceptors (Lipinski definition) is 5. The zero-order valence-corrected chi connectivity index (χ0v) is 9.13. The number of aromatic nitrogens is 1. The highest BCUT2D eigenvalue weighted by Gasteiger charge is 2.15. The summed E-state index contributed by atoms with van der Waals surface area (Å²) >= 11 is 6.91. The van der Waals surface area contributed by atoms with Crippen LogP contribution in [0.3, 0.4) is 0 Å². The van der Waals surface area contributed by atoms with Crippen molar-refractivity contribution in [1.82, 2.24) is 4.98 Å². The van der Waals surface area contributed by atoms with Gasteiger partial charge in [-0.3, -0.25) is 10.1 Å². The van der Waals surface area contributed by atoms with Crippen LogP contribution in [0.25, 0.3) is 10.2 Å². The lowest BCUT2D eigenvalue weighted by Gasteiger charge is -1.99. The molecule has 0 bridgehead atoms. The maximum Gasteiger partial charge on any atom is 0.274 e. The molecule has 78 valence electrons. The number of nitro groups is 1. The van der Waals surface area contributed by atoms with Crippen LogP contribution in [0, 0.1) is 10.1 Å². The minimum atomic E-state index is -0.477. The highest BCUT2D eigenvalue weighted by Crippen LogP contribution is 2.35. The van der Waals surface area contributed by atoms with Crippen molar-refractivity contribution < 1.29 is 9.66 Å². The lowest BCUT2D eigenvalue weighted by molar-refractivity contribution is -0.384. The van der Waals surface area contributed by atoms with Gasteiger partial charge in [0.25, 0.3) is 5.69 Å². The number of thiazole rings is 1. The van der Waals surface area contributed by atoms with Gasteiger partial charge in [-0.1, -0.05) is 11.6 Å². The number of benzene rings is 1. The van der Waals surface area contributed by atoms with E-state index in [1.54, 1.807) is 0 Å². The van der Waals surface area contributed by atoms with Crippen molar-refractivity contribution in [1.29, 1.82) is 0 Å². The molecule has 0 saturated heterocycles. The number of ether oxygens (including phenoxy) is 1. The van der Waals surface area contributed by atoms with Gasteiger partial charge >= 0.3 is 0 Å². The van der Waals surface area contributed by atoms with Gasteiger partial charge < -0.3 is 4.74 Å². The summed E-state index contributed by atoms with van der Waals surface area (Å²) in [7, 11) is 1.44. The van der Waals surface area contributed by atoms with E-state index in [9.17, 15) is 10.1 Å². The molecule has 15 heavy (non-hydrogen) atoms. The van der Waals surface area contributed by atoms with E-state index in [1.165, 1.54) is 30.6 Å². The fourth-order valence-corrected chi connectivity index (χ4v) is 2.29. The topological polar surface area (TPSA) is 65.3 Å². The van der Waals surface area contributed by atoms with E-state index >= 15 is 0 Å². The summed E-state index contributed by atoms with van der Waals surface area (Å²) in [5, 5.41) is 10.6. The number of rotatable bonds is 2. The fraction of sp³-hybridized carbons (Fsp3) is 0.125. The van der Waals surface area contributed by atoms with E-state index in [0.29, 0.717) is 20.4 Å². The van der Waals surface area contributed by atoms with Gasteiger partial charge in [-0.05, 0) is 0 Å². The zero-order chi connectivity index (χ0) is 11.0. The van der Waals surface area contributed by atoms with Gasteiger partial charge in [0.05, 0.1) is 22.8 Å². The van der Waals surface area contributed by atoms with E-state index in [4.69, 9.17) is 16.3 Å². The van der Waals surface area contributed by atoms with E-state index in [0.717, 1.165) is 0 Å². The third kappa shape index (κ3) is 1.73. The van der Waals surface area contributed by atoms with Crippen molar-refractivity contribution in [2.75, 3.05) is 7.11 Å². The molecule has 2 aromatic rings. The summed E-state index contributed by atoms with van der Waals surface area (Å²) in [4.78, 5) is 14.2. The predicted octanol–water partition coefficient (Wildman–Crippen LogP) is 2.87. The first-order chi connectivity index (χ1) is 7.11. The molecular formula is C8H5ClN2O3S. The Kier molecular flexibility index (Phi) is 2.45. The molecule has 5 nitrogen and oxygen atoms in total. The molecule has 1 heterocycles. The number of nitro benzene ring substituents is 1. The Morgan fingerprint density at radius 1 is 1.60 bits per heavy atom. The van der Waals surface area contributed by atoms with Gasteiger partial charge in [-0.2, -0.15) is 0 Å². The molecule has 7 heteroatoms. The van der Waals surface area contributed by atoms with Gasteiger partial charge in [0, 0.05) is 6.07 Å². The summed E-state index contributed by atoms with van der Waals surface area (Å²) in [6.45, 7) is 0. The number of halogens is 1. The van der Waals surface area contributed by atoms with Crippen molar-refractivity contribution in [3.05, 3.63) is 26.7 Å². The van der Waals surface area contributed by atoms with Gasteiger partial charge in [-0.15, -0.1) is 11.3 Å². The molecule has 0 spiro atoms. The SMILES string of the molecule is COc1cc([N+](=O)[O-])cc2sc(Cl)nc12. The van der Waals surface area contributed by atoms with Crippen molar-refractivity contribution >= 4 is 38.8 Å². The van der Waals surface area contributed by atoms with Crippen LogP contribution in [0.2, 0.25) is 4.47 Å². The molecule has 0 amide bonds. The second-order valence-electron chi connectivity index (χ2n) is 2.72. The first-order valence-corrected chi connectivity index (χ1v) is 5.09. The molecule has 1 aromatic carbocycles. The van der Waals surface area contributed by atoms with Crippen LogP contribution in [0.4, 0.5) is 5.69 Å². The Balaban J connectivity index is 2.76. The van der Waals surface area contributed by atoms with E-state index in [2.05, 4.69) is 4.98 Å². The Labute approximate surface area is 93.4 Å². The van der Waals surface area contributed by atoms with Crippen molar-refractivity contribution in [2.45, 2.75) is 0 Å². The average Bonchev–Trinajstić information content (AvgIpc) is 2.56. The molecule has 0 fully saturated rings. The predicted molar refractivity (Wildman–Crippen MR) is 57.8 cm³/mol. The van der Waals surface area contributed by atoms with Crippen LogP contribution in [0.15, 0.2) is 12.1 Å². The number of methoxy groups -OCH3 is 1. The van der Waals surface area contributed by atoms with Gasteiger partial charge in [0.15, 0.2) is 10.2 Å². The molecule has 0 radical (unpaired) electrons. The second kappa shape index (κ2) is 3.63. The first-order valence-electron chi connectivity index (χ1n) is 3.90. The van der Waals surface area contributed by atoms with Crippen LogP contribution >= 0.6 is 22.9 Å². The Hall–Kier alpha value is -1.40. The van der Waals surface area contributed by atoms with Crippen molar-refractivity contribution in [3.63, 3.8) is 0 Å². The van der Waals surface area contributed by atoms with Crippen LogP contribution in [-0.2, 0) is 0 Å². The summed E-state index contributed by atoms with van der Waals surface area (Å²) in [6.07, 6.45) is 0. The molecule has 0 atom stereocenters. The van der Waals surface area contributed by atoms with Crippen LogP contribution in [-0.4, -0.2) is 17.0 Å². The lowest BCUT2D eigenvalue weighted by atomic mass is 10.3. The third-order valence-electron chi connectivity index (χ3n) is 1.85. The minimum Gasteiger partial charge on any atom is -0.494 e. The molecule has 0 aliphatic carbocycles. The summed E-state index contributed by atoms with van der Waals surface area (Å²) in [6, 6.07) is 2.76. The Morgan fingerprint density at radius 2 is 2.33 bits per heavy atom. The normalized spacial score (nSPS) is 10.5. The summed E-state index contributed by atoms with van der Waals surface area (Å²) in [5.74, 6) is 0.363. The molecular weight excluding hydrogens is 240 g/mol. The first kappa shape index (κ1) is 10.1. The zero-order valence-electron chi connectivity index (χ0n) is 7.56. The largest absolute Gasteiger partial charge is 0.494 e. The van der Waals surface area contributed by atoms with E-state index in [-0.39, 0.29) is 5.69 Å². The minimum absolute atomic E-state index is 0.0281. The quantitative estimate of drug-likeness (QED) is 0.602. The van der Waals surface area contributed by atoms with E-state index < -0.39 is 4.92 Å². The highest BCUT2D eigenvalue weighted by molar-refractivity contribution is 7.22. The standard InChI is InChI=1S/C8H5ClN2O3S/c1-14-5-2-4(11(12)13)3-6-7(5)10-8(9)15-6/h2-3H,1H3. The Morgan fingerprint density at radius 3 is 2.93 bits per heavy atom. The molecule has 0 aliphatic rings. The van der Waals surface area contributed by atoms with Crippen LogP contribution < -0.4 is 4.74 Å². The van der Waals surface area contributed by atoms with Gasteiger partial charge in [-0.25, -0.2) is 4.98 Å². The monoisotopic (exact) mass is 244 g/mol. The number of nitrogens with zero attached hydrogens (tertiary/aromatic N) is 2. The molecule has 0 saturated carbocycles. The van der Waals surface area contributed by atoms with E-state index in [1.807, 2.05) is 0 Å². The van der Waals surface area contributed by atoms with Crippen LogP contribution in [0.5, 0.6) is 5.75 Å². The maximum atomic E-state index is 10.6. The van der Waals surface area contributed by atoms with Crippen molar-refractivity contribution in [3.8, 4) is 5.75 Å². The molecule has 1 aromatic heterocycles. The summed E-state index contributed by atoms with van der Waals surface area (Å²) in [5.41, 5.74) is 0.526. The smallest absolute Gasteiger partial charge is 0.274 e. The molecule has 0 unspecified atom stereocenters. The number of fused-ring (bicyclic) bond motifs is 1. The van der Waals surface area contributed by atoms with Gasteiger partial charge in [0.1, 0.15) is 5.52 Å². The molecule has 2 rings (SSSR count). The average molecular weight is 245 g/mol. The molecule has 0 N–H and O–H groups in total. The van der Waals surface area contributed by atoms with Crippen molar-refractivity contribution in [2.24, 2.45) is 0 Å². The molecule has 0 aliphatic heterocycles. The Bertz CT molecular complexity index is 540. The lowest BCUT2D eigenvalue weighted by Crippen LogP contribution is -1.90. The van der Waals surface area contributed by atoms with Gasteiger partial charge in [0.2, 0.25) is 0 Å². The second-order valence-corrected chi connectivity index (χ2v) is 4.33. The number of non-ortho nitro benzene ring substituents is 1. The van der Waals surface area contributed by atoms with Crippen LogP contribution in [0.1, 0.15) is 0 Å². The summed E-state index contributed by atoms with van der Waals surface area (Å²) < 4.78 is 5.99.